The first-order valence-corrected chi connectivity index (χ1v) is 4.20. The largest absolute Gasteiger partial charge is 0.348 e. The van der Waals surface area contributed by atoms with Gasteiger partial charge < -0.3 is 0 Å². The van der Waals surface area contributed by atoms with E-state index >= 15 is 0 Å². The monoisotopic (exact) mass is 192 g/mol. The van der Waals surface area contributed by atoms with E-state index in [1.807, 2.05) is 19.2 Å². The maximum absolute atomic E-state index is 11.2. The molecule has 0 fully saturated rings. The molecule has 2 heterocycles. The van der Waals surface area contributed by atoms with Crippen LogP contribution in [-0.2, 0) is 4.79 Å². The summed E-state index contributed by atoms with van der Waals surface area (Å²) in [4.78, 5) is 25.9. The highest BCUT2D eigenvalue weighted by molar-refractivity contribution is 6.85. The van der Waals surface area contributed by atoms with Gasteiger partial charge in [-0.05, 0) is 5.92 Å². The zero-order valence-electron chi connectivity index (χ0n) is 7.74. The smallest absolute Gasteiger partial charge is 0.271 e. The van der Waals surface area contributed by atoms with Crippen molar-refractivity contribution in [3.05, 3.63) is 0 Å². The quantitative estimate of drug-likeness (QED) is 0.641. The molecule has 0 radical (unpaired) electrons. The fraction of sp³-hybridized carbons (Fsp3) is 0.375. The first-order valence-electron chi connectivity index (χ1n) is 4.20. The summed E-state index contributed by atoms with van der Waals surface area (Å²) in [7, 11) is 0. The first kappa shape index (κ1) is 8.74. The van der Waals surface area contributed by atoms with Crippen molar-refractivity contribution in [2.75, 3.05) is 0 Å². The summed E-state index contributed by atoms with van der Waals surface area (Å²) < 4.78 is 0. The molecule has 0 spiro atoms. The standard InChI is InChI=1S/C8H8N4O2/c1-3(2)4-5-6(12-11-4)7(13)10-8(14)9-5/h3H,1-2H3,(H,10,13,14). The molecule has 0 bridgehead atoms. The summed E-state index contributed by atoms with van der Waals surface area (Å²) in [5.41, 5.74) is 1.03. The van der Waals surface area contributed by atoms with Gasteiger partial charge in [0.1, 0.15) is 5.71 Å². The minimum absolute atomic E-state index is 0.0914. The van der Waals surface area contributed by atoms with Gasteiger partial charge in [0.2, 0.25) is 0 Å². The van der Waals surface area contributed by atoms with Crippen molar-refractivity contribution in [1.82, 2.24) is 5.32 Å². The fourth-order valence-corrected chi connectivity index (χ4v) is 1.26. The van der Waals surface area contributed by atoms with Crippen LogP contribution < -0.4 is 5.32 Å². The topological polar surface area (TPSA) is 83.2 Å². The van der Waals surface area contributed by atoms with Crippen LogP contribution in [0.25, 0.3) is 0 Å². The molecule has 6 heteroatoms. The molecular formula is C8H8N4O2. The maximum Gasteiger partial charge on any atom is 0.348 e. The van der Waals surface area contributed by atoms with Crippen LogP contribution in [-0.4, -0.2) is 29.1 Å². The zero-order valence-corrected chi connectivity index (χ0v) is 7.74. The number of nitrogens with one attached hydrogen (secondary N) is 1. The second-order valence-electron chi connectivity index (χ2n) is 3.31. The molecule has 0 saturated carbocycles. The molecule has 72 valence electrons. The molecule has 3 amide bonds. The fourth-order valence-electron chi connectivity index (χ4n) is 1.26. The summed E-state index contributed by atoms with van der Waals surface area (Å²) in [6, 6.07) is -0.654. The molecule has 0 aliphatic carbocycles. The molecule has 0 aromatic rings. The van der Waals surface area contributed by atoms with Gasteiger partial charge in [-0.2, -0.15) is 10.1 Å². The first-order chi connectivity index (χ1) is 6.59. The Bertz CT molecular complexity index is 417. The lowest BCUT2D eigenvalue weighted by Gasteiger charge is -2.11. The predicted molar refractivity (Wildman–Crippen MR) is 50.7 cm³/mol. The number of imide groups is 1. The van der Waals surface area contributed by atoms with Crippen LogP contribution in [0.15, 0.2) is 15.2 Å². The Hall–Kier alpha value is -1.85. The van der Waals surface area contributed by atoms with Gasteiger partial charge >= 0.3 is 6.03 Å². The normalized spacial score (nSPS) is 20.1. The third-order valence-corrected chi connectivity index (χ3v) is 1.92. The molecule has 2 rings (SSSR count). The lowest BCUT2D eigenvalue weighted by molar-refractivity contribution is -0.113. The second kappa shape index (κ2) is 2.83. The molecule has 6 nitrogen and oxygen atoms in total. The lowest BCUT2D eigenvalue weighted by atomic mass is 10.00. The van der Waals surface area contributed by atoms with E-state index < -0.39 is 11.9 Å². The SMILES string of the molecule is CC(C)C1=NN=C2C(=O)NC(=O)N=C21. The Kier molecular flexibility index (Phi) is 1.77. The van der Waals surface area contributed by atoms with Crippen LogP contribution in [0.3, 0.4) is 0 Å². The van der Waals surface area contributed by atoms with Gasteiger partial charge in [0.05, 0.1) is 5.71 Å². The Balaban J connectivity index is 2.44. The summed E-state index contributed by atoms with van der Waals surface area (Å²) in [5, 5.41) is 9.55. The number of urea groups is 1. The third-order valence-electron chi connectivity index (χ3n) is 1.92. The van der Waals surface area contributed by atoms with Gasteiger partial charge in [0, 0.05) is 0 Å². The van der Waals surface area contributed by atoms with E-state index in [2.05, 4.69) is 15.2 Å². The van der Waals surface area contributed by atoms with E-state index in [9.17, 15) is 9.59 Å². The Morgan fingerprint density at radius 1 is 1.14 bits per heavy atom. The van der Waals surface area contributed by atoms with Gasteiger partial charge in [-0.25, -0.2) is 4.79 Å². The van der Waals surface area contributed by atoms with E-state index in [-0.39, 0.29) is 11.6 Å². The summed E-state index contributed by atoms with van der Waals surface area (Å²) in [6.07, 6.45) is 0. The average Bonchev–Trinajstić information content (AvgIpc) is 2.47. The van der Waals surface area contributed by atoms with E-state index in [1.165, 1.54) is 0 Å². The van der Waals surface area contributed by atoms with Crippen molar-refractivity contribution >= 4 is 29.1 Å². The number of amides is 3. The average molecular weight is 192 g/mol. The summed E-state index contributed by atoms with van der Waals surface area (Å²) >= 11 is 0. The van der Waals surface area contributed by atoms with Crippen LogP contribution in [0.4, 0.5) is 4.79 Å². The number of fused-ring (bicyclic) bond motifs is 1. The highest BCUT2D eigenvalue weighted by atomic mass is 16.2. The summed E-state index contributed by atoms with van der Waals surface area (Å²) in [5.74, 6) is -0.437. The lowest BCUT2D eigenvalue weighted by Crippen LogP contribution is -2.45. The number of nitrogens with zero attached hydrogens (tertiary/aromatic N) is 3. The van der Waals surface area contributed by atoms with Crippen molar-refractivity contribution in [3.63, 3.8) is 0 Å². The van der Waals surface area contributed by atoms with Gasteiger partial charge in [-0.3, -0.25) is 10.1 Å². The summed E-state index contributed by atoms with van der Waals surface area (Å²) in [6.45, 7) is 3.80. The predicted octanol–water partition coefficient (Wildman–Crippen LogP) is 0.144. The van der Waals surface area contributed by atoms with Gasteiger partial charge in [0.15, 0.2) is 5.71 Å². The van der Waals surface area contributed by atoms with Crippen molar-refractivity contribution < 1.29 is 9.59 Å². The molecule has 2 aliphatic heterocycles. The van der Waals surface area contributed by atoms with E-state index in [0.717, 1.165) is 0 Å². The van der Waals surface area contributed by atoms with Gasteiger partial charge in [-0.1, -0.05) is 13.8 Å². The second-order valence-corrected chi connectivity index (χ2v) is 3.31. The number of hydrogen-bond donors (Lipinski definition) is 1. The zero-order chi connectivity index (χ0) is 10.3. The molecule has 0 unspecified atom stereocenters. The van der Waals surface area contributed by atoms with Gasteiger partial charge in [0.25, 0.3) is 5.91 Å². The molecule has 2 aliphatic rings. The number of carbonyl (C=O) groups excluding carboxylic acids is 2. The van der Waals surface area contributed by atoms with Crippen LogP contribution in [0.2, 0.25) is 0 Å². The molecule has 0 aromatic carbocycles. The minimum Gasteiger partial charge on any atom is -0.271 e. The molecule has 0 saturated heterocycles. The maximum atomic E-state index is 11.2. The van der Waals surface area contributed by atoms with E-state index in [4.69, 9.17) is 0 Å². The van der Waals surface area contributed by atoms with Crippen LogP contribution in [0.5, 0.6) is 0 Å². The van der Waals surface area contributed by atoms with E-state index in [1.54, 1.807) is 0 Å². The molecule has 0 atom stereocenters. The van der Waals surface area contributed by atoms with Crippen LogP contribution in [0, 0.1) is 5.92 Å². The minimum atomic E-state index is -0.654. The highest BCUT2D eigenvalue weighted by Gasteiger charge is 2.34. The molecule has 0 aromatic heterocycles. The van der Waals surface area contributed by atoms with Crippen LogP contribution in [0.1, 0.15) is 13.8 Å². The molecule has 1 N–H and O–H groups in total. The van der Waals surface area contributed by atoms with Crippen molar-refractivity contribution in [2.45, 2.75) is 13.8 Å². The highest BCUT2D eigenvalue weighted by Crippen LogP contribution is 2.11. The Labute approximate surface area is 79.8 Å². The van der Waals surface area contributed by atoms with Crippen molar-refractivity contribution in [2.24, 2.45) is 21.1 Å². The van der Waals surface area contributed by atoms with E-state index in [0.29, 0.717) is 11.4 Å². The van der Waals surface area contributed by atoms with Gasteiger partial charge in [-0.15, -0.1) is 5.10 Å². The van der Waals surface area contributed by atoms with Crippen molar-refractivity contribution in [1.29, 1.82) is 0 Å². The number of aliphatic imine (C=N–C) groups is 1. The number of carbonyl (C=O) groups is 2. The van der Waals surface area contributed by atoms with Crippen molar-refractivity contribution in [3.8, 4) is 0 Å². The molecular weight excluding hydrogens is 184 g/mol. The third kappa shape index (κ3) is 1.15. The van der Waals surface area contributed by atoms with Crippen LogP contribution >= 0.6 is 0 Å². The number of hydrogen-bond acceptors (Lipinski definition) is 4. The Morgan fingerprint density at radius 2 is 1.86 bits per heavy atom. The Morgan fingerprint density at radius 3 is 2.50 bits per heavy atom. The molecule has 14 heavy (non-hydrogen) atoms. The number of rotatable bonds is 1.